The molecule has 9 nitrogen and oxygen atoms in total. The fourth-order valence-corrected chi connectivity index (χ4v) is 2.25. The van der Waals surface area contributed by atoms with E-state index in [1.807, 2.05) is 6.07 Å². The summed E-state index contributed by atoms with van der Waals surface area (Å²) >= 11 is 0. The number of aromatic carboxylic acids is 1. The Morgan fingerprint density at radius 3 is 2.31 bits per heavy atom. The molecule has 6 N–H and O–H groups in total. The van der Waals surface area contributed by atoms with Crippen molar-refractivity contribution in [1.82, 2.24) is 4.98 Å². The van der Waals surface area contributed by atoms with Gasteiger partial charge in [-0.25, -0.2) is 9.59 Å². The summed E-state index contributed by atoms with van der Waals surface area (Å²) in [7, 11) is 0. The van der Waals surface area contributed by atoms with Gasteiger partial charge in [-0.05, 0) is 18.2 Å². The number of carboxylic acids is 2. The number of anilines is 2. The van der Waals surface area contributed by atoms with Crippen LogP contribution >= 0.6 is 0 Å². The van der Waals surface area contributed by atoms with Crippen LogP contribution < -0.4 is 16.2 Å². The van der Waals surface area contributed by atoms with Gasteiger partial charge in [0.25, 0.3) is 0 Å². The molecular formula is C17H15F3N4O5. The summed E-state index contributed by atoms with van der Waals surface area (Å²) in [5, 5.41) is 25.2. The molecule has 0 atom stereocenters. The Hall–Kier alpha value is -4.01. The van der Waals surface area contributed by atoms with Gasteiger partial charge in [0.1, 0.15) is 23.2 Å². The van der Waals surface area contributed by atoms with Crippen LogP contribution in [-0.2, 0) is 11.2 Å². The minimum absolute atomic E-state index is 0. The molecule has 0 fully saturated rings. The van der Waals surface area contributed by atoms with E-state index in [9.17, 15) is 18.0 Å². The number of aliphatic carboxylic acids is 1. The largest absolute Gasteiger partial charge is 0.490 e. The monoisotopic (exact) mass is 412 g/mol. The van der Waals surface area contributed by atoms with Gasteiger partial charge in [0.05, 0.1) is 11.3 Å². The van der Waals surface area contributed by atoms with Gasteiger partial charge in [-0.15, -0.1) is 0 Å². The average Bonchev–Trinajstić information content (AvgIpc) is 2.60. The van der Waals surface area contributed by atoms with Crippen LogP contribution in [0.2, 0.25) is 0 Å². The summed E-state index contributed by atoms with van der Waals surface area (Å²) in [6.45, 7) is 0. The first kappa shape index (κ1) is 23.0. The molecule has 2 aromatic rings. The van der Waals surface area contributed by atoms with Crippen LogP contribution in [0, 0.1) is 11.3 Å². The van der Waals surface area contributed by atoms with Crippen LogP contribution in [0.1, 0.15) is 34.5 Å². The Bertz CT molecular complexity index is 1020. The Kier molecular flexibility index (Phi) is 6.62. The molecule has 1 aliphatic heterocycles. The number of fused-ring (bicyclic) bond motifs is 2. The van der Waals surface area contributed by atoms with Crippen LogP contribution in [-0.4, -0.2) is 33.3 Å². The van der Waals surface area contributed by atoms with E-state index in [0.29, 0.717) is 23.3 Å². The number of carbonyl (C=O) groups is 2. The lowest BCUT2D eigenvalue weighted by Gasteiger charge is -2.21. The Labute approximate surface area is 161 Å². The fraction of sp³-hybridized carbons (Fsp3) is 0.176. The number of hydrogen-bond donors (Lipinski definition) is 4. The number of nitrogens with two attached hydrogens (primary N) is 2. The molecule has 0 aliphatic carbocycles. The fourth-order valence-electron chi connectivity index (χ4n) is 2.25. The van der Waals surface area contributed by atoms with E-state index in [0.717, 1.165) is 0 Å². The molecule has 29 heavy (non-hydrogen) atoms. The SMILES string of the molecule is C.N#Cc1c(N)nc2c(c1N)Cc1cc(C(=O)O)ccc1O2.O=C(O)C(F)(F)F. The maximum absolute atomic E-state index is 11.0. The zero-order valence-corrected chi connectivity index (χ0v) is 13.7. The second-order valence-electron chi connectivity index (χ2n) is 5.39. The van der Waals surface area contributed by atoms with Crippen molar-refractivity contribution in [3.05, 3.63) is 40.5 Å². The predicted molar refractivity (Wildman–Crippen MR) is 94.5 cm³/mol. The van der Waals surface area contributed by atoms with E-state index in [1.165, 1.54) is 12.1 Å². The number of rotatable bonds is 1. The number of nitrogens with zero attached hydrogens (tertiary/aromatic N) is 2. The second kappa shape index (κ2) is 8.34. The highest BCUT2D eigenvalue weighted by molar-refractivity contribution is 5.88. The van der Waals surface area contributed by atoms with Gasteiger partial charge in [0.15, 0.2) is 0 Å². The number of nitriles is 1. The van der Waals surface area contributed by atoms with Crippen molar-refractivity contribution in [3.8, 4) is 17.7 Å². The van der Waals surface area contributed by atoms with Crippen molar-refractivity contribution in [2.75, 3.05) is 11.5 Å². The number of nitrogen functional groups attached to an aromatic ring is 2. The number of ether oxygens (including phenoxy) is 1. The highest BCUT2D eigenvalue weighted by Gasteiger charge is 2.38. The number of halogens is 3. The standard InChI is InChI=1S/C14H10N4O3.C2HF3O2.CH4/c15-5-9-11(16)8-4-7-3-6(14(19)20)1-2-10(7)21-13(8)18-12(9)17;3-2(4,5)1(6)7;/h1-3H,4H2,(H,19,20)(H4,16,17,18);(H,6,7);1H4. The number of hydrogen-bond acceptors (Lipinski definition) is 7. The molecule has 1 aromatic carbocycles. The summed E-state index contributed by atoms with van der Waals surface area (Å²) < 4.78 is 37.3. The zero-order valence-electron chi connectivity index (χ0n) is 13.7. The maximum Gasteiger partial charge on any atom is 0.490 e. The van der Waals surface area contributed by atoms with E-state index in [2.05, 4.69) is 4.98 Å². The normalized spacial score (nSPS) is 11.2. The summed E-state index contributed by atoms with van der Waals surface area (Å²) in [5.74, 6) is -3.01. The molecule has 0 radical (unpaired) electrons. The summed E-state index contributed by atoms with van der Waals surface area (Å²) in [6.07, 6.45) is -4.75. The number of aromatic nitrogens is 1. The molecule has 0 amide bonds. The third-order valence-corrected chi connectivity index (χ3v) is 3.57. The van der Waals surface area contributed by atoms with Gasteiger partial charge < -0.3 is 26.4 Å². The molecule has 1 aromatic heterocycles. The Balaban J connectivity index is 0.000000456. The predicted octanol–water partition coefficient (Wildman–Crippen LogP) is 2.78. The minimum Gasteiger partial charge on any atom is -0.478 e. The molecule has 0 bridgehead atoms. The molecule has 154 valence electrons. The minimum atomic E-state index is -5.08. The topological polar surface area (TPSA) is 173 Å². The molecule has 0 saturated heterocycles. The lowest BCUT2D eigenvalue weighted by molar-refractivity contribution is -0.192. The van der Waals surface area contributed by atoms with Crippen LogP contribution in [0.4, 0.5) is 24.7 Å². The van der Waals surface area contributed by atoms with Gasteiger partial charge in [0, 0.05) is 17.5 Å². The van der Waals surface area contributed by atoms with E-state index < -0.39 is 18.1 Å². The molecule has 3 rings (SSSR count). The first-order valence-electron chi connectivity index (χ1n) is 7.27. The van der Waals surface area contributed by atoms with Gasteiger partial charge in [-0.3, -0.25) is 0 Å². The highest BCUT2D eigenvalue weighted by atomic mass is 19.4. The molecule has 2 heterocycles. The van der Waals surface area contributed by atoms with Crippen molar-refractivity contribution < 1.29 is 37.7 Å². The maximum atomic E-state index is 11.0. The van der Waals surface area contributed by atoms with E-state index in [1.54, 1.807) is 6.07 Å². The van der Waals surface area contributed by atoms with Crippen molar-refractivity contribution in [1.29, 1.82) is 5.26 Å². The third kappa shape index (κ3) is 4.83. The number of benzene rings is 1. The summed E-state index contributed by atoms with van der Waals surface area (Å²) in [6, 6.07) is 6.43. The second-order valence-corrected chi connectivity index (χ2v) is 5.39. The Morgan fingerprint density at radius 1 is 1.24 bits per heavy atom. The van der Waals surface area contributed by atoms with Crippen LogP contribution in [0.3, 0.4) is 0 Å². The van der Waals surface area contributed by atoms with Gasteiger partial charge in [0.2, 0.25) is 5.88 Å². The van der Waals surface area contributed by atoms with E-state index >= 15 is 0 Å². The van der Waals surface area contributed by atoms with E-state index in [-0.39, 0.29) is 35.9 Å². The molecule has 0 unspecified atom stereocenters. The molecule has 0 saturated carbocycles. The number of pyridine rings is 1. The highest BCUT2D eigenvalue weighted by Crippen LogP contribution is 2.40. The van der Waals surface area contributed by atoms with Crippen LogP contribution in [0.5, 0.6) is 11.6 Å². The quantitative estimate of drug-likeness (QED) is 0.469. The van der Waals surface area contributed by atoms with Crippen LogP contribution in [0.15, 0.2) is 18.2 Å². The zero-order chi connectivity index (χ0) is 21.2. The molecule has 1 aliphatic rings. The molecular weight excluding hydrogens is 397 g/mol. The summed E-state index contributed by atoms with van der Waals surface area (Å²) in [4.78, 5) is 23.9. The lowest BCUT2D eigenvalue weighted by Crippen LogP contribution is -2.21. The van der Waals surface area contributed by atoms with Crippen molar-refractivity contribution in [3.63, 3.8) is 0 Å². The van der Waals surface area contributed by atoms with Crippen LogP contribution in [0.25, 0.3) is 0 Å². The lowest BCUT2D eigenvalue weighted by atomic mass is 9.97. The van der Waals surface area contributed by atoms with Gasteiger partial charge >= 0.3 is 18.1 Å². The van der Waals surface area contributed by atoms with Gasteiger partial charge in [-0.1, -0.05) is 7.43 Å². The van der Waals surface area contributed by atoms with Gasteiger partial charge in [-0.2, -0.15) is 23.4 Å². The smallest absolute Gasteiger partial charge is 0.478 e. The summed E-state index contributed by atoms with van der Waals surface area (Å²) in [5.41, 5.74) is 13.3. The Morgan fingerprint density at radius 2 is 1.83 bits per heavy atom. The van der Waals surface area contributed by atoms with E-state index in [4.69, 9.17) is 36.5 Å². The number of carboxylic acid groups (broad SMARTS) is 2. The molecule has 0 spiro atoms. The number of alkyl halides is 3. The third-order valence-electron chi connectivity index (χ3n) is 3.57. The van der Waals surface area contributed by atoms with Crippen molar-refractivity contribution >= 4 is 23.4 Å². The van der Waals surface area contributed by atoms with Crippen molar-refractivity contribution in [2.45, 2.75) is 20.0 Å². The average molecular weight is 412 g/mol. The van der Waals surface area contributed by atoms with Crippen molar-refractivity contribution in [2.24, 2.45) is 0 Å². The first-order valence-corrected chi connectivity index (χ1v) is 7.27. The molecule has 12 heteroatoms. The first-order chi connectivity index (χ1) is 13.0.